The number of aromatic nitrogens is 5. The van der Waals surface area contributed by atoms with E-state index in [2.05, 4.69) is 26.9 Å². The quantitative estimate of drug-likeness (QED) is 0.914. The molecule has 1 fully saturated rings. The van der Waals surface area contributed by atoms with Crippen LogP contribution in [0.3, 0.4) is 0 Å². The number of rotatable bonds is 3. The Kier molecular flexibility index (Phi) is 3.49. The molecule has 106 valence electrons. The van der Waals surface area contributed by atoms with Crippen molar-refractivity contribution in [1.82, 2.24) is 24.5 Å². The van der Waals surface area contributed by atoms with E-state index in [-0.39, 0.29) is 12.1 Å². The lowest BCUT2D eigenvalue weighted by atomic mass is 9.88. The monoisotopic (exact) mass is 274 g/mol. The van der Waals surface area contributed by atoms with Gasteiger partial charge in [-0.05, 0) is 25.2 Å². The molecule has 7 heteroatoms. The number of hydrogen-bond acceptors (Lipinski definition) is 6. The molecule has 0 aromatic carbocycles. The fourth-order valence-electron chi connectivity index (χ4n) is 2.50. The van der Waals surface area contributed by atoms with Crippen molar-refractivity contribution in [2.45, 2.75) is 38.7 Å². The highest BCUT2D eigenvalue weighted by Gasteiger charge is 2.24. The molecule has 20 heavy (non-hydrogen) atoms. The number of imidazole rings is 1. The van der Waals surface area contributed by atoms with Gasteiger partial charge in [0, 0.05) is 12.4 Å². The van der Waals surface area contributed by atoms with E-state index in [9.17, 15) is 0 Å². The van der Waals surface area contributed by atoms with Gasteiger partial charge in [-0.1, -0.05) is 13.3 Å². The molecule has 7 nitrogen and oxygen atoms in total. The molecule has 2 heterocycles. The van der Waals surface area contributed by atoms with Gasteiger partial charge < -0.3 is 10.5 Å². The van der Waals surface area contributed by atoms with Crippen LogP contribution < -0.4 is 10.5 Å². The predicted octanol–water partition coefficient (Wildman–Crippen LogP) is 1.60. The van der Waals surface area contributed by atoms with Gasteiger partial charge in [-0.15, -0.1) is 0 Å². The topological polar surface area (TPSA) is 91.7 Å². The lowest BCUT2D eigenvalue weighted by Gasteiger charge is -2.28. The SMILES string of the molecule is CC1CCCCC1Oc1nc(N)nc(-n2ccnc2)n1. The summed E-state index contributed by atoms with van der Waals surface area (Å²) in [6.45, 7) is 2.20. The number of nitrogens with two attached hydrogens (primary N) is 1. The molecular formula is C13H18N6O. The van der Waals surface area contributed by atoms with E-state index in [0.717, 1.165) is 6.42 Å². The van der Waals surface area contributed by atoms with Crippen LogP contribution >= 0.6 is 0 Å². The van der Waals surface area contributed by atoms with Crippen LogP contribution in [0, 0.1) is 5.92 Å². The first kappa shape index (κ1) is 12.8. The Morgan fingerprint density at radius 2 is 2.10 bits per heavy atom. The molecule has 2 N–H and O–H groups in total. The van der Waals surface area contributed by atoms with Crippen molar-refractivity contribution in [2.75, 3.05) is 5.73 Å². The van der Waals surface area contributed by atoms with E-state index in [0.29, 0.717) is 17.9 Å². The molecule has 1 aliphatic carbocycles. The van der Waals surface area contributed by atoms with E-state index in [1.54, 1.807) is 23.3 Å². The van der Waals surface area contributed by atoms with E-state index < -0.39 is 0 Å². The number of hydrogen-bond donors (Lipinski definition) is 1. The van der Waals surface area contributed by atoms with Crippen LogP contribution in [0.15, 0.2) is 18.7 Å². The van der Waals surface area contributed by atoms with E-state index in [1.807, 2.05) is 0 Å². The van der Waals surface area contributed by atoms with Crippen molar-refractivity contribution < 1.29 is 4.74 Å². The molecule has 0 amide bonds. The zero-order valence-corrected chi connectivity index (χ0v) is 11.4. The number of nitrogens with zero attached hydrogens (tertiary/aromatic N) is 5. The third kappa shape index (κ3) is 2.71. The molecule has 2 aromatic rings. The maximum absolute atomic E-state index is 5.91. The highest BCUT2D eigenvalue weighted by molar-refractivity contribution is 5.25. The smallest absolute Gasteiger partial charge is 0.323 e. The fourth-order valence-corrected chi connectivity index (χ4v) is 2.50. The largest absolute Gasteiger partial charge is 0.460 e. The molecule has 0 bridgehead atoms. The highest BCUT2D eigenvalue weighted by Crippen LogP contribution is 2.27. The van der Waals surface area contributed by atoms with Crippen molar-refractivity contribution in [3.8, 4) is 12.0 Å². The standard InChI is InChI=1S/C13H18N6O/c1-9-4-2-3-5-10(9)20-13-17-11(14)16-12(18-13)19-7-6-15-8-19/h6-10H,2-5H2,1H3,(H2,14,16,17,18). The third-order valence-electron chi connectivity index (χ3n) is 3.65. The Balaban J connectivity index is 1.82. The minimum atomic E-state index is 0.154. The van der Waals surface area contributed by atoms with Gasteiger partial charge in [0.2, 0.25) is 11.9 Å². The van der Waals surface area contributed by atoms with E-state index in [1.165, 1.54) is 19.3 Å². The molecule has 0 radical (unpaired) electrons. The average molecular weight is 274 g/mol. The summed E-state index contributed by atoms with van der Waals surface area (Å²) in [5, 5.41) is 0. The summed E-state index contributed by atoms with van der Waals surface area (Å²) in [4.78, 5) is 16.4. The van der Waals surface area contributed by atoms with Gasteiger partial charge in [0.05, 0.1) is 0 Å². The maximum Gasteiger partial charge on any atom is 0.323 e. The molecule has 1 saturated carbocycles. The summed E-state index contributed by atoms with van der Waals surface area (Å²) in [6, 6.07) is 0.292. The van der Waals surface area contributed by atoms with Gasteiger partial charge in [-0.3, -0.25) is 4.57 Å². The Labute approximate surface area is 117 Å². The predicted molar refractivity (Wildman–Crippen MR) is 73.4 cm³/mol. The maximum atomic E-state index is 5.91. The van der Waals surface area contributed by atoms with Crippen molar-refractivity contribution in [1.29, 1.82) is 0 Å². The first-order chi connectivity index (χ1) is 9.72. The van der Waals surface area contributed by atoms with Crippen LogP contribution in [-0.4, -0.2) is 30.6 Å². The molecular weight excluding hydrogens is 256 g/mol. The first-order valence-electron chi connectivity index (χ1n) is 6.89. The Morgan fingerprint density at radius 1 is 1.25 bits per heavy atom. The molecule has 0 spiro atoms. The zero-order chi connectivity index (χ0) is 13.9. The van der Waals surface area contributed by atoms with Gasteiger partial charge in [0.25, 0.3) is 0 Å². The van der Waals surface area contributed by atoms with Gasteiger partial charge in [0.1, 0.15) is 12.4 Å². The summed E-state index contributed by atoms with van der Waals surface area (Å²) in [5.74, 6) is 1.09. The average Bonchev–Trinajstić information content (AvgIpc) is 2.95. The summed E-state index contributed by atoms with van der Waals surface area (Å²) >= 11 is 0. The second kappa shape index (κ2) is 5.44. The molecule has 2 unspecified atom stereocenters. The Bertz CT molecular complexity index is 570. The van der Waals surface area contributed by atoms with Crippen LogP contribution in [0.1, 0.15) is 32.6 Å². The van der Waals surface area contributed by atoms with Crippen molar-refractivity contribution in [3.05, 3.63) is 18.7 Å². The Morgan fingerprint density at radius 3 is 2.85 bits per heavy atom. The highest BCUT2D eigenvalue weighted by atomic mass is 16.5. The molecule has 3 rings (SSSR count). The summed E-state index contributed by atoms with van der Waals surface area (Å²) in [6.07, 6.45) is 9.84. The van der Waals surface area contributed by atoms with Crippen LogP contribution in [0.2, 0.25) is 0 Å². The van der Waals surface area contributed by atoms with Gasteiger partial charge in [-0.2, -0.15) is 15.0 Å². The normalized spacial score (nSPS) is 22.6. The minimum absolute atomic E-state index is 0.154. The summed E-state index contributed by atoms with van der Waals surface area (Å²) < 4.78 is 7.59. The van der Waals surface area contributed by atoms with Crippen LogP contribution in [0.5, 0.6) is 6.01 Å². The first-order valence-corrected chi connectivity index (χ1v) is 6.89. The van der Waals surface area contributed by atoms with Gasteiger partial charge in [0.15, 0.2) is 0 Å². The second-order valence-electron chi connectivity index (χ2n) is 5.16. The van der Waals surface area contributed by atoms with Gasteiger partial charge >= 0.3 is 6.01 Å². The van der Waals surface area contributed by atoms with Crippen LogP contribution in [-0.2, 0) is 0 Å². The number of ether oxygens (including phenoxy) is 1. The lowest BCUT2D eigenvalue weighted by Crippen LogP contribution is -2.29. The van der Waals surface area contributed by atoms with E-state index >= 15 is 0 Å². The van der Waals surface area contributed by atoms with Crippen molar-refractivity contribution >= 4 is 5.95 Å². The Hall–Kier alpha value is -2.18. The van der Waals surface area contributed by atoms with Crippen molar-refractivity contribution in [2.24, 2.45) is 5.92 Å². The summed E-state index contributed by atoms with van der Waals surface area (Å²) in [7, 11) is 0. The van der Waals surface area contributed by atoms with Crippen molar-refractivity contribution in [3.63, 3.8) is 0 Å². The second-order valence-corrected chi connectivity index (χ2v) is 5.16. The molecule has 0 aliphatic heterocycles. The van der Waals surface area contributed by atoms with Crippen LogP contribution in [0.25, 0.3) is 5.95 Å². The lowest BCUT2D eigenvalue weighted by molar-refractivity contribution is 0.0922. The molecule has 1 aliphatic rings. The van der Waals surface area contributed by atoms with Gasteiger partial charge in [-0.25, -0.2) is 4.98 Å². The van der Waals surface area contributed by atoms with E-state index in [4.69, 9.17) is 10.5 Å². The third-order valence-corrected chi connectivity index (χ3v) is 3.65. The van der Waals surface area contributed by atoms with Crippen LogP contribution in [0.4, 0.5) is 5.95 Å². The molecule has 0 saturated heterocycles. The molecule has 2 aromatic heterocycles. The number of nitrogen functional groups attached to an aromatic ring is 1. The summed E-state index contributed by atoms with van der Waals surface area (Å²) in [5.41, 5.74) is 5.73. The zero-order valence-electron chi connectivity index (χ0n) is 11.4. The fraction of sp³-hybridized carbons (Fsp3) is 0.538. The molecule has 2 atom stereocenters. The minimum Gasteiger partial charge on any atom is -0.460 e. The number of anilines is 1.